The molecule has 0 aliphatic rings. The van der Waals surface area contributed by atoms with Crippen LogP contribution in [0.1, 0.15) is 27.0 Å². The van der Waals surface area contributed by atoms with Gasteiger partial charge < -0.3 is 9.47 Å². The first-order valence-corrected chi connectivity index (χ1v) is 6.77. The van der Waals surface area contributed by atoms with Crippen LogP contribution in [0.4, 0.5) is 13.2 Å². The second-order valence-corrected chi connectivity index (χ2v) is 4.96. The van der Waals surface area contributed by atoms with Gasteiger partial charge in [0.25, 0.3) is 0 Å². The van der Waals surface area contributed by atoms with Crippen LogP contribution >= 0.6 is 0 Å². The van der Waals surface area contributed by atoms with Crippen LogP contribution < -0.4 is 4.74 Å². The van der Waals surface area contributed by atoms with E-state index in [4.69, 9.17) is 9.47 Å². The van der Waals surface area contributed by atoms with Crippen LogP contribution in [0.2, 0.25) is 0 Å². The van der Waals surface area contributed by atoms with Crippen LogP contribution in [0, 0.1) is 6.92 Å². The highest BCUT2D eigenvalue weighted by atomic mass is 19.4. The van der Waals surface area contributed by atoms with Gasteiger partial charge in [-0.2, -0.15) is 13.2 Å². The average molecular weight is 324 g/mol. The maximum Gasteiger partial charge on any atom is 0.416 e. The van der Waals surface area contributed by atoms with Gasteiger partial charge in [0.15, 0.2) is 12.6 Å². The van der Waals surface area contributed by atoms with E-state index in [-0.39, 0.29) is 18.1 Å². The second-order valence-electron chi connectivity index (χ2n) is 4.96. The smallest absolute Gasteiger partial charge is 0.416 e. The first-order valence-electron chi connectivity index (χ1n) is 6.77. The Balaban J connectivity index is 2.49. The van der Waals surface area contributed by atoms with Crippen molar-refractivity contribution in [2.75, 3.05) is 13.9 Å². The second kappa shape index (κ2) is 6.83. The molecule has 3 nitrogen and oxygen atoms in total. The third-order valence-corrected chi connectivity index (χ3v) is 3.16. The number of hydrogen-bond donors (Lipinski definition) is 0. The van der Waals surface area contributed by atoms with Crippen molar-refractivity contribution in [2.45, 2.75) is 13.1 Å². The first-order chi connectivity index (χ1) is 10.8. The molecule has 0 aliphatic carbocycles. The highest BCUT2D eigenvalue weighted by Crippen LogP contribution is 2.33. The first kappa shape index (κ1) is 17.0. The zero-order valence-electron chi connectivity index (χ0n) is 12.6. The van der Waals surface area contributed by atoms with Crippen LogP contribution in [0.25, 0.3) is 0 Å². The number of halogens is 3. The van der Waals surface area contributed by atoms with Gasteiger partial charge in [-0.25, -0.2) is 0 Å². The molecule has 122 valence electrons. The van der Waals surface area contributed by atoms with Crippen LogP contribution in [0.3, 0.4) is 0 Å². The fraction of sp³-hybridized carbons (Fsp3) is 0.235. The fourth-order valence-corrected chi connectivity index (χ4v) is 2.07. The van der Waals surface area contributed by atoms with Gasteiger partial charge in [-0.1, -0.05) is 23.8 Å². The summed E-state index contributed by atoms with van der Waals surface area (Å²) in [6, 6.07) is 9.44. The Hall–Kier alpha value is -2.34. The number of benzene rings is 2. The average Bonchev–Trinajstić information content (AvgIpc) is 2.51. The quantitative estimate of drug-likeness (QED) is 0.610. The summed E-state index contributed by atoms with van der Waals surface area (Å²) in [5.41, 5.74) is 0.0783. The Morgan fingerprint density at radius 1 is 1.13 bits per heavy atom. The Bertz CT molecular complexity index is 708. The summed E-state index contributed by atoms with van der Waals surface area (Å²) < 4.78 is 48.7. The van der Waals surface area contributed by atoms with E-state index < -0.39 is 17.5 Å². The Morgan fingerprint density at radius 2 is 1.87 bits per heavy atom. The molecule has 0 aromatic heterocycles. The number of ether oxygens (including phenoxy) is 2. The summed E-state index contributed by atoms with van der Waals surface area (Å²) in [6.07, 6.45) is -4.54. The van der Waals surface area contributed by atoms with Crippen molar-refractivity contribution in [3.63, 3.8) is 0 Å². The SMILES string of the molecule is COCOc1ccc(C(F)(F)F)cc1C(=O)c1cccc(C)c1. The minimum atomic E-state index is -4.54. The minimum Gasteiger partial charge on any atom is -0.467 e. The number of hydrogen-bond acceptors (Lipinski definition) is 3. The lowest BCUT2D eigenvalue weighted by Gasteiger charge is -2.14. The maximum atomic E-state index is 12.9. The van der Waals surface area contributed by atoms with Crippen LogP contribution in [-0.4, -0.2) is 19.7 Å². The molecule has 2 aromatic carbocycles. The van der Waals surface area contributed by atoms with E-state index >= 15 is 0 Å². The molecule has 0 N–H and O–H groups in total. The van der Waals surface area contributed by atoms with E-state index in [1.54, 1.807) is 31.2 Å². The van der Waals surface area contributed by atoms with E-state index in [0.29, 0.717) is 5.56 Å². The highest BCUT2D eigenvalue weighted by Gasteiger charge is 2.32. The normalized spacial score (nSPS) is 11.3. The fourth-order valence-electron chi connectivity index (χ4n) is 2.07. The van der Waals surface area contributed by atoms with E-state index in [1.807, 2.05) is 0 Å². The van der Waals surface area contributed by atoms with Gasteiger partial charge in [0, 0.05) is 12.7 Å². The van der Waals surface area contributed by atoms with E-state index in [9.17, 15) is 18.0 Å². The molecule has 0 aliphatic heterocycles. The zero-order chi connectivity index (χ0) is 17.0. The van der Waals surface area contributed by atoms with Crippen molar-refractivity contribution in [1.82, 2.24) is 0 Å². The number of alkyl halides is 3. The Morgan fingerprint density at radius 3 is 2.48 bits per heavy atom. The van der Waals surface area contributed by atoms with Crippen molar-refractivity contribution in [1.29, 1.82) is 0 Å². The largest absolute Gasteiger partial charge is 0.467 e. The number of carbonyl (C=O) groups is 1. The number of rotatable bonds is 5. The van der Waals surface area contributed by atoms with Crippen molar-refractivity contribution >= 4 is 5.78 Å². The van der Waals surface area contributed by atoms with Crippen LogP contribution in [0.15, 0.2) is 42.5 Å². The number of aryl methyl sites for hydroxylation is 1. The van der Waals surface area contributed by atoms with Crippen molar-refractivity contribution in [3.8, 4) is 5.75 Å². The van der Waals surface area contributed by atoms with Gasteiger partial charge in [-0.3, -0.25) is 4.79 Å². The Kier molecular flexibility index (Phi) is 5.05. The number of methoxy groups -OCH3 is 1. The van der Waals surface area contributed by atoms with Crippen molar-refractivity contribution in [2.24, 2.45) is 0 Å². The van der Waals surface area contributed by atoms with Gasteiger partial charge in [-0.05, 0) is 31.2 Å². The van der Waals surface area contributed by atoms with E-state index in [0.717, 1.165) is 23.8 Å². The maximum absolute atomic E-state index is 12.9. The molecule has 0 unspecified atom stereocenters. The molecule has 0 spiro atoms. The molecule has 0 fully saturated rings. The molecule has 0 saturated carbocycles. The predicted molar refractivity (Wildman–Crippen MR) is 78.6 cm³/mol. The summed E-state index contributed by atoms with van der Waals surface area (Å²) in [4.78, 5) is 12.6. The monoisotopic (exact) mass is 324 g/mol. The summed E-state index contributed by atoms with van der Waals surface area (Å²) in [5.74, 6) is -0.489. The van der Waals surface area contributed by atoms with Crippen molar-refractivity contribution < 1.29 is 27.4 Å². The van der Waals surface area contributed by atoms with Crippen LogP contribution in [0.5, 0.6) is 5.75 Å². The molecule has 0 bridgehead atoms. The molecule has 0 atom stereocenters. The Labute approximate surface area is 131 Å². The molecular formula is C17H15F3O3. The highest BCUT2D eigenvalue weighted by molar-refractivity contribution is 6.10. The lowest BCUT2D eigenvalue weighted by Crippen LogP contribution is -2.11. The molecular weight excluding hydrogens is 309 g/mol. The predicted octanol–water partition coefficient (Wildman–Crippen LogP) is 4.23. The summed E-state index contributed by atoms with van der Waals surface area (Å²) in [6.45, 7) is 1.63. The summed E-state index contributed by atoms with van der Waals surface area (Å²) >= 11 is 0. The van der Waals surface area contributed by atoms with E-state index in [2.05, 4.69) is 0 Å². The summed E-state index contributed by atoms with van der Waals surface area (Å²) in [7, 11) is 1.38. The van der Waals surface area contributed by atoms with E-state index in [1.165, 1.54) is 7.11 Å². The summed E-state index contributed by atoms with van der Waals surface area (Å²) in [5, 5.41) is 0. The molecule has 0 heterocycles. The number of ketones is 1. The molecule has 23 heavy (non-hydrogen) atoms. The third kappa shape index (κ3) is 4.10. The van der Waals surface area contributed by atoms with Gasteiger partial charge in [-0.15, -0.1) is 0 Å². The number of carbonyl (C=O) groups excluding carboxylic acids is 1. The van der Waals surface area contributed by atoms with Crippen molar-refractivity contribution in [3.05, 3.63) is 64.7 Å². The van der Waals surface area contributed by atoms with Gasteiger partial charge in [0.1, 0.15) is 5.75 Å². The zero-order valence-corrected chi connectivity index (χ0v) is 12.6. The lowest BCUT2D eigenvalue weighted by atomic mass is 9.99. The molecule has 2 aromatic rings. The molecule has 0 amide bonds. The molecule has 2 rings (SSSR count). The molecule has 0 saturated heterocycles. The standard InChI is InChI=1S/C17H15F3O3/c1-11-4-3-5-12(8-11)16(21)14-9-13(17(18,19)20)6-7-15(14)23-10-22-2/h3-9H,10H2,1-2H3. The minimum absolute atomic E-state index is 0.0476. The van der Waals surface area contributed by atoms with Gasteiger partial charge >= 0.3 is 6.18 Å². The lowest BCUT2D eigenvalue weighted by molar-refractivity contribution is -0.137. The molecule has 0 radical (unpaired) electrons. The topological polar surface area (TPSA) is 35.5 Å². The van der Waals surface area contributed by atoms with Crippen LogP contribution in [-0.2, 0) is 10.9 Å². The van der Waals surface area contributed by atoms with Gasteiger partial charge in [0.05, 0.1) is 11.1 Å². The molecule has 6 heteroatoms. The third-order valence-electron chi connectivity index (χ3n) is 3.16. The van der Waals surface area contributed by atoms with Gasteiger partial charge in [0.2, 0.25) is 0 Å².